The molecule has 20 heavy (non-hydrogen) atoms. The highest BCUT2D eigenvalue weighted by Crippen LogP contribution is 2.38. The van der Waals surface area contributed by atoms with Gasteiger partial charge in [-0.3, -0.25) is 4.79 Å². The van der Waals surface area contributed by atoms with Crippen LogP contribution >= 0.6 is 22.9 Å². The van der Waals surface area contributed by atoms with E-state index in [1.165, 1.54) is 11.3 Å². The minimum absolute atomic E-state index is 0.0972. The molecule has 3 rings (SSSR count). The predicted octanol–water partition coefficient (Wildman–Crippen LogP) is 3.98. The molecule has 0 saturated carbocycles. The maximum atomic E-state index is 12.4. The SMILES string of the molecule is Nc1c(C(=O)NC2CC=CCC2)sc2cccc(Cl)c12. The van der Waals surface area contributed by atoms with Crippen LogP contribution in [0.3, 0.4) is 0 Å². The Morgan fingerprint density at radius 1 is 1.40 bits per heavy atom. The summed E-state index contributed by atoms with van der Waals surface area (Å²) in [5.74, 6) is -0.0972. The lowest BCUT2D eigenvalue weighted by molar-refractivity contribution is 0.0939. The molecule has 0 aliphatic heterocycles. The molecule has 1 amide bonds. The number of carbonyl (C=O) groups excluding carboxylic acids is 1. The highest BCUT2D eigenvalue weighted by Gasteiger charge is 2.20. The third kappa shape index (κ3) is 2.41. The van der Waals surface area contributed by atoms with Crippen molar-refractivity contribution in [2.45, 2.75) is 25.3 Å². The number of thiophene rings is 1. The summed E-state index contributed by atoms with van der Waals surface area (Å²) in [7, 11) is 0. The Hall–Kier alpha value is -1.52. The Kier molecular flexibility index (Phi) is 3.68. The summed E-state index contributed by atoms with van der Waals surface area (Å²) in [6.45, 7) is 0. The predicted molar refractivity (Wildman–Crippen MR) is 85.5 cm³/mol. The van der Waals surface area contributed by atoms with Gasteiger partial charge in [-0.2, -0.15) is 0 Å². The Labute approximate surface area is 126 Å². The zero-order valence-electron chi connectivity index (χ0n) is 10.9. The molecule has 0 saturated heterocycles. The molecule has 5 heteroatoms. The van der Waals surface area contributed by atoms with Crippen LogP contribution < -0.4 is 11.1 Å². The molecule has 1 aromatic carbocycles. The average Bonchev–Trinajstić information content (AvgIpc) is 2.79. The molecule has 1 aromatic heterocycles. The van der Waals surface area contributed by atoms with E-state index >= 15 is 0 Å². The van der Waals surface area contributed by atoms with Crippen molar-refractivity contribution in [3.63, 3.8) is 0 Å². The first-order valence-corrected chi connectivity index (χ1v) is 7.78. The van der Waals surface area contributed by atoms with E-state index in [1.807, 2.05) is 12.1 Å². The number of anilines is 1. The largest absolute Gasteiger partial charge is 0.397 e. The lowest BCUT2D eigenvalue weighted by Crippen LogP contribution is -2.35. The maximum Gasteiger partial charge on any atom is 0.263 e. The van der Waals surface area contributed by atoms with E-state index in [0.717, 1.165) is 29.3 Å². The number of hydrogen-bond donors (Lipinski definition) is 2. The fourth-order valence-electron chi connectivity index (χ4n) is 2.47. The van der Waals surface area contributed by atoms with Crippen molar-refractivity contribution in [2.75, 3.05) is 5.73 Å². The first-order chi connectivity index (χ1) is 9.66. The fraction of sp³-hybridized carbons (Fsp3) is 0.267. The summed E-state index contributed by atoms with van der Waals surface area (Å²) in [5.41, 5.74) is 6.58. The molecule has 2 aromatic rings. The van der Waals surface area contributed by atoms with Gasteiger partial charge >= 0.3 is 0 Å². The van der Waals surface area contributed by atoms with Crippen molar-refractivity contribution < 1.29 is 4.79 Å². The van der Waals surface area contributed by atoms with Gasteiger partial charge in [0.1, 0.15) is 4.88 Å². The highest BCUT2D eigenvalue weighted by atomic mass is 35.5. The van der Waals surface area contributed by atoms with Crippen LogP contribution in [0, 0.1) is 0 Å². The van der Waals surface area contributed by atoms with Crippen LogP contribution in [-0.4, -0.2) is 11.9 Å². The molecule has 1 aliphatic carbocycles. The number of rotatable bonds is 2. The molecule has 1 atom stereocenters. The average molecular weight is 307 g/mol. The van der Waals surface area contributed by atoms with Crippen LogP contribution in [-0.2, 0) is 0 Å². The number of nitrogens with one attached hydrogen (secondary N) is 1. The van der Waals surface area contributed by atoms with E-state index in [0.29, 0.717) is 15.6 Å². The molecule has 0 fully saturated rings. The Morgan fingerprint density at radius 2 is 2.25 bits per heavy atom. The first kappa shape index (κ1) is 13.5. The van der Waals surface area contributed by atoms with Gasteiger partial charge in [-0.15, -0.1) is 11.3 Å². The number of hydrogen-bond acceptors (Lipinski definition) is 3. The minimum atomic E-state index is -0.0972. The smallest absolute Gasteiger partial charge is 0.263 e. The molecule has 0 radical (unpaired) electrons. The van der Waals surface area contributed by atoms with E-state index in [4.69, 9.17) is 17.3 Å². The highest BCUT2D eigenvalue weighted by molar-refractivity contribution is 7.21. The lowest BCUT2D eigenvalue weighted by Gasteiger charge is -2.18. The van der Waals surface area contributed by atoms with Crippen molar-refractivity contribution in [3.8, 4) is 0 Å². The molecule has 104 valence electrons. The molecule has 0 spiro atoms. The molecule has 3 nitrogen and oxygen atoms in total. The fourth-order valence-corrected chi connectivity index (χ4v) is 3.86. The van der Waals surface area contributed by atoms with Crippen molar-refractivity contribution in [3.05, 3.63) is 40.3 Å². The van der Waals surface area contributed by atoms with Crippen LogP contribution in [0.25, 0.3) is 10.1 Å². The molecule has 1 unspecified atom stereocenters. The number of nitrogens with two attached hydrogens (primary N) is 1. The van der Waals surface area contributed by atoms with E-state index in [2.05, 4.69) is 17.5 Å². The molecular formula is C15H15ClN2OS. The number of nitrogen functional groups attached to an aromatic ring is 1. The summed E-state index contributed by atoms with van der Waals surface area (Å²) in [4.78, 5) is 12.9. The number of fused-ring (bicyclic) bond motifs is 1. The van der Waals surface area contributed by atoms with Crippen molar-refractivity contribution in [1.29, 1.82) is 0 Å². The van der Waals surface area contributed by atoms with Crippen molar-refractivity contribution in [1.82, 2.24) is 5.32 Å². The number of benzene rings is 1. The van der Waals surface area contributed by atoms with Gasteiger partial charge in [0.25, 0.3) is 5.91 Å². The van der Waals surface area contributed by atoms with Gasteiger partial charge in [0.05, 0.1) is 10.7 Å². The Morgan fingerprint density at radius 3 is 2.95 bits per heavy atom. The van der Waals surface area contributed by atoms with E-state index < -0.39 is 0 Å². The van der Waals surface area contributed by atoms with Gasteiger partial charge in [-0.25, -0.2) is 0 Å². The molecule has 1 aliphatic rings. The second kappa shape index (κ2) is 5.46. The molecule has 1 heterocycles. The minimum Gasteiger partial charge on any atom is -0.397 e. The Bertz CT molecular complexity index is 692. The summed E-state index contributed by atoms with van der Waals surface area (Å²) in [6, 6.07) is 5.80. The summed E-state index contributed by atoms with van der Waals surface area (Å²) >= 11 is 7.55. The number of allylic oxidation sites excluding steroid dienone is 1. The quantitative estimate of drug-likeness (QED) is 0.825. The molecular weight excluding hydrogens is 292 g/mol. The van der Waals surface area contributed by atoms with Gasteiger partial charge in [-0.05, 0) is 31.4 Å². The van der Waals surface area contributed by atoms with Gasteiger partial charge in [0, 0.05) is 16.1 Å². The third-order valence-corrected chi connectivity index (χ3v) is 5.00. The summed E-state index contributed by atoms with van der Waals surface area (Å²) < 4.78 is 0.948. The van der Waals surface area contributed by atoms with Gasteiger partial charge in [0.15, 0.2) is 0 Å². The van der Waals surface area contributed by atoms with Crippen molar-refractivity contribution in [2.24, 2.45) is 0 Å². The summed E-state index contributed by atoms with van der Waals surface area (Å²) in [6.07, 6.45) is 7.14. The normalized spacial score (nSPS) is 18.4. The lowest BCUT2D eigenvalue weighted by atomic mass is 10.0. The van der Waals surface area contributed by atoms with Gasteiger partial charge in [0.2, 0.25) is 0 Å². The van der Waals surface area contributed by atoms with Crippen LogP contribution in [0.15, 0.2) is 30.4 Å². The number of halogens is 1. The van der Waals surface area contributed by atoms with Gasteiger partial charge in [-0.1, -0.05) is 29.8 Å². The van der Waals surface area contributed by atoms with Crippen LogP contribution in [0.4, 0.5) is 5.69 Å². The van der Waals surface area contributed by atoms with Crippen LogP contribution in [0.2, 0.25) is 5.02 Å². The molecule has 3 N–H and O–H groups in total. The number of amides is 1. The topological polar surface area (TPSA) is 55.1 Å². The second-order valence-electron chi connectivity index (χ2n) is 4.91. The Balaban J connectivity index is 1.90. The second-order valence-corrected chi connectivity index (χ2v) is 6.37. The molecule has 0 bridgehead atoms. The monoisotopic (exact) mass is 306 g/mol. The van der Waals surface area contributed by atoms with E-state index in [9.17, 15) is 4.79 Å². The standard InChI is InChI=1S/C15H15ClN2OS/c16-10-7-4-8-11-12(10)13(17)14(20-11)15(19)18-9-5-2-1-3-6-9/h1-2,4,7-9H,3,5-6,17H2,(H,18,19). The van der Waals surface area contributed by atoms with E-state index in [-0.39, 0.29) is 11.9 Å². The zero-order valence-corrected chi connectivity index (χ0v) is 12.4. The van der Waals surface area contributed by atoms with Crippen LogP contribution in [0.5, 0.6) is 0 Å². The zero-order chi connectivity index (χ0) is 14.1. The van der Waals surface area contributed by atoms with Crippen LogP contribution in [0.1, 0.15) is 28.9 Å². The van der Waals surface area contributed by atoms with Crippen molar-refractivity contribution >= 4 is 44.6 Å². The summed E-state index contributed by atoms with van der Waals surface area (Å²) in [5, 5.41) is 4.43. The van der Waals surface area contributed by atoms with Gasteiger partial charge < -0.3 is 11.1 Å². The third-order valence-electron chi connectivity index (χ3n) is 3.51. The number of carbonyl (C=O) groups is 1. The first-order valence-electron chi connectivity index (χ1n) is 6.59. The van der Waals surface area contributed by atoms with E-state index in [1.54, 1.807) is 6.07 Å². The maximum absolute atomic E-state index is 12.4.